The minimum Gasteiger partial charge on any atom is -0.342 e. The van der Waals surface area contributed by atoms with Crippen molar-refractivity contribution < 1.29 is 4.79 Å². The Hall–Kier alpha value is -0.970. The molecule has 0 aromatic rings. The first-order valence-electron chi connectivity index (χ1n) is 6.01. The summed E-state index contributed by atoms with van der Waals surface area (Å²) in [6.45, 7) is 2.08. The van der Waals surface area contributed by atoms with Gasteiger partial charge in [0.1, 0.15) is 0 Å². The molecule has 1 aliphatic rings. The van der Waals surface area contributed by atoms with Crippen LogP contribution in [0.3, 0.4) is 0 Å². The molecule has 1 N–H and O–H groups in total. The van der Waals surface area contributed by atoms with Gasteiger partial charge < -0.3 is 5.32 Å². The minimum atomic E-state index is -0.0658. The van der Waals surface area contributed by atoms with Crippen molar-refractivity contribution in [2.45, 2.75) is 57.9 Å². The summed E-state index contributed by atoms with van der Waals surface area (Å²) < 4.78 is 0. The molecule has 2 nitrogen and oxygen atoms in total. The molecule has 1 amide bonds. The maximum absolute atomic E-state index is 11.6. The predicted octanol–water partition coefficient (Wildman–Crippen LogP) is 2.48. The summed E-state index contributed by atoms with van der Waals surface area (Å²) in [7, 11) is 0. The van der Waals surface area contributed by atoms with E-state index in [1.807, 2.05) is 0 Å². The fraction of sp³-hybridized carbons (Fsp3) is 0.769. The van der Waals surface area contributed by atoms with Crippen molar-refractivity contribution in [2.75, 3.05) is 0 Å². The highest BCUT2D eigenvalue weighted by Crippen LogP contribution is 2.27. The van der Waals surface area contributed by atoms with Crippen LogP contribution in [0.4, 0.5) is 0 Å². The third-order valence-corrected chi connectivity index (χ3v) is 3.06. The Labute approximate surface area is 92.8 Å². The van der Waals surface area contributed by atoms with Crippen LogP contribution in [-0.4, -0.2) is 11.9 Å². The quantitative estimate of drug-likeness (QED) is 0.689. The molecule has 0 unspecified atom stereocenters. The van der Waals surface area contributed by atoms with E-state index in [2.05, 4.69) is 18.2 Å². The molecule has 0 bridgehead atoms. The largest absolute Gasteiger partial charge is 0.342 e. The highest BCUT2D eigenvalue weighted by Gasteiger charge is 2.19. The molecule has 0 spiro atoms. The average Bonchev–Trinajstić information content (AvgIpc) is 2.69. The van der Waals surface area contributed by atoms with Gasteiger partial charge in [0, 0.05) is 6.42 Å². The van der Waals surface area contributed by atoms with Gasteiger partial charge in [0.05, 0.1) is 6.04 Å². The molecule has 0 saturated heterocycles. The Morgan fingerprint density at radius 2 is 2.20 bits per heavy atom. The van der Waals surface area contributed by atoms with Crippen molar-refractivity contribution in [1.29, 1.82) is 0 Å². The van der Waals surface area contributed by atoms with E-state index < -0.39 is 0 Å². The molecular weight excluding hydrogens is 186 g/mol. The van der Waals surface area contributed by atoms with Crippen molar-refractivity contribution >= 4 is 5.91 Å². The standard InChI is InChI=1S/C13H21NO/c1-3-7-12(4-2)14-13(15)10-11-8-5-6-9-11/h2,11-12H,3,5-10H2,1H3,(H,14,15)/t12-/m1/s1. The molecule has 1 aliphatic carbocycles. The lowest BCUT2D eigenvalue weighted by Crippen LogP contribution is -2.34. The average molecular weight is 207 g/mol. The van der Waals surface area contributed by atoms with E-state index in [4.69, 9.17) is 6.42 Å². The van der Waals surface area contributed by atoms with E-state index in [1.165, 1.54) is 25.7 Å². The van der Waals surface area contributed by atoms with E-state index in [9.17, 15) is 4.79 Å². The number of rotatable bonds is 5. The summed E-state index contributed by atoms with van der Waals surface area (Å²) >= 11 is 0. The summed E-state index contributed by atoms with van der Waals surface area (Å²) in [6, 6.07) is -0.0658. The Balaban J connectivity index is 2.24. The van der Waals surface area contributed by atoms with Crippen LogP contribution in [-0.2, 0) is 4.79 Å². The van der Waals surface area contributed by atoms with Crippen molar-refractivity contribution in [1.82, 2.24) is 5.32 Å². The molecular formula is C13H21NO. The summed E-state index contributed by atoms with van der Waals surface area (Å²) in [6.07, 6.45) is 12.9. The van der Waals surface area contributed by atoms with Crippen LogP contribution >= 0.6 is 0 Å². The first-order valence-corrected chi connectivity index (χ1v) is 6.01. The van der Waals surface area contributed by atoms with Gasteiger partial charge in [0.2, 0.25) is 5.91 Å². The van der Waals surface area contributed by atoms with Crippen LogP contribution in [0.2, 0.25) is 0 Å². The molecule has 0 radical (unpaired) electrons. The highest BCUT2D eigenvalue weighted by atomic mass is 16.1. The number of amides is 1. The normalized spacial score (nSPS) is 18.4. The zero-order valence-corrected chi connectivity index (χ0v) is 9.59. The molecule has 0 aliphatic heterocycles. The highest BCUT2D eigenvalue weighted by molar-refractivity contribution is 5.76. The van der Waals surface area contributed by atoms with Gasteiger partial charge >= 0.3 is 0 Å². The Morgan fingerprint density at radius 1 is 1.53 bits per heavy atom. The zero-order valence-electron chi connectivity index (χ0n) is 9.59. The number of terminal acetylenes is 1. The van der Waals surface area contributed by atoms with Gasteiger partial charge in [0.15, 0.2) is 0 Å². The van der Waals surface area contributed by atoms with Crippen molar-refractivity contribution in [2.24, 2.45) is 5.92 Å². The number of nitrogens with one attached hydrogen (secondary N) is 1. The predicted molar refractivity (Wildman–Crippen MR) is 62.2 cm³/mol. The lowest BCUT2D eigenvalue weighted by atomic mass is 10.0. The topological polar surface area (TPSA) is 29.1 Å². The summed E-state index contributed by atoms with van der Waals surface area (Å²) in [4.78, 5) is 11.6. The lowest BCUT2D eigenvalue weighted by Gasteiger charge is -2.14. The van der Waals surface area contributed by atoms with Gasteiger partial charge in [-0.05, 0) is 25.2 Å². The third-order valence-electron chi connectivity index (χ3n) is 3.06. The first kappa shape index (κ1) is 12.1. The van der Waals surface area contributed by atoms with Crippen LogP contribution in [0.25, 0.3) is 0 Å². The number of hydrogen-bond acceptors (Lipinski definition) is 1. The fourth-order valence-corrected chi connectivity index (χ4v) is 2.22. The number of hydrogen-bond donors (Lipinski definition) is 1. The molecule has 84 valence electrons. The van der Waals surface area contributed by atoms with Gasteiger partial charge in [-0.15, -0.1) is 6.42 Å². The molecule has 1 fully saturated rings. The molecule has 1 saturated carbocycles. The maximum Gasteiger partial charge on any atom is 0.221 e. The van der Waals surface area contributed by atoms with Crippen LogP contribution in [0.15, 0.2) is 0 Å². The van der Waals surface area contributed by atoms with Crippen LogP contribution in [0, 0.1) is 18.3 Å². The van der Waals surface area contributed by atoms with Crippen molar-refractivity contribution in [3.63, 3.8) is 0 Å². The fourth-order valence-electron chi connectivity index (χ4n) is 2.22. The molecule has 0 heterocycles. The second-order valence-electron chi connectivity index (χ2n) is 4.43. The monoisotopic (exact) mass is 207 g/mol. The molecule has 0 aromatic heterocycles. The van der Waals surface area contributed by atoms with E-state index in [1.54, 1.807) is 0 Å². The van der Waals surface area contributed by atoms with Crippen molar-refractivity contribution in [3.8, 4) is 12.3 Å². The smallest absolute Gasteiger partial charge is 0.221 e. The summed E-state index contributed by atoms with van der Waals surface area (Å²) in [5, 5.41) is 2.92. The second-order valence-corrected chi connectivity index (χ2v) is 4.43. The van der Waals surface area contributed by atoms with Crippen LogP contribution in [0.5, 0.6) is 0 Å². The molecule has 1 rings (SSSR count). The van der Waals surface area contributed by atoms with Gasteiger partial charge in [-0.1, -0.05) is 32.1 Å². The molecule has 2 heteroatoms. The first-order chi connectivity index (χ1) is 7.26. The summed E-state index contributed by atoms with van der Waals surface area (Å²) in [5.74, 6) is 3.37. The van der Waals surface area contributed by atoms with Crippen LogP contribution in [0.1, 0.15) is 51.9 Å². The van der Waals surface area contributed by atoms with Gasteiger partial charge in [-0.3, -0.25) is 4.79 Å². The Kier molecular flexibility index (Phi) is 5.25. The SMILES string of the molecule is C#C[C@H](CCC)NC(=O)CC1CCCC1. The van der Waals surface area contributed by atoms with Gasteiger partial charge in [-0.2, -0.15) is 0 Å². The maximum atomic E-state index is 11.6. The Bertz CT molecular complexity index is 235. The molecule has 15 heavy (non-hydrogen) atoms. The zero-order chi connectivity index (χ0) is 11.1. The summed E-state index contributed by atoms with van der Waals surface area (Å²) in [5.41, 5.74) is 0. The molecule has 0 aromatic carbocycles. The third kappa shape index (κ3) is 4.38. The lowest BCUT2D eigenvalue weighted by molar-refractivity contribution is -0.122. The van der Waals surface area contributed by atoms with E-state index in [0.717, 1.165) is 12.8 Å². The van der Waals surface area contributed by atoms with E-state index in [0.29, 0.717) is 12.3 Å². The Morgan fingerprint density at radius 3 is 2.73 bits per heavy atom. The van der Waals surface area contributed by atoms with Gasteiger partial charge in [-0.25, -0.2) is 0 Å². The van der Waals surface area contributed by atoms with Crippen molar-refractivity contribution in [3.05, 3.63) is 0 Å². The van der Waals surface area contributed by atoms with Crippen LogP contribution < -0.4 is 5.32 Å². The molecule has 1 atom stereocenters. The van der Waals surface area contributed by atoms with E-state index >= 15 is 0 Å². The minimum absolute atomic E-state index is 0.0658. The van der Waals surface area contributed by atoms with Gasteiger partial charge in [0.25, 0.3) is 0 Å². The van der Waals surface area contributed by atoms with E-state index in [-0.39, 0.29) is 11.9 Å². The number of carbonyl (C=O) groups is 1. The second kappa shape index (κ2) is 6.50. The number of carbonyl (C=O) groups excluding carboxylic acids is 1.